The molecule has 0 spiro atoms. The number of sulfonamides is 1. The molecule has 2 aromatic rings. The number of fused-ring (bicyclic) bond motifs is 3. The maximum absolute atomic E-state index is 15.2. The van der Waals surface area contributed by atoms with Crippen LogP contribution in [0.2, 0.25) is 0 Å². The molecule has 2 aliphatic carbocycles. The van der Waals surface area contributed by atoms with E-state index in [1.807, 2.05) is 6.92 Å². The van der Waals surface area contributed by atoms with E-state index in [4.69, 9.17) is 9.47 Å². The van der Waals surface area contributed by atoms with Crippen LogP contribution in [0.1, 0.15) is 72.6 Å². The van der Waals surface area contributed by atoms with Gasteiger partial charge in [-0.15, -0.1) is 0 Å². The molecule has 1 aromatic heterocycles. The van der Waals surface area contributed by atoms with Gasteiger partial charge in [0.2, 0.25) is 27.7 Å². The maximum Gasteiger partial charge on any atom is 0.411 e. The van der Waals surface area contributed by atoms with Crippen LogP contribution in [-0.2, 0) is 24.4 Å². The lowest BCUT2D eigenvalue weighted by Crippen LogP contribution is -2.66. The quantitative estimate of drug-likeness (QED) is 0.244. The molecule has 3 fully saturated rings. The zero-order valence-corrected chi connectivity index (χ0v) is 33.0. The van der Waals surface area contributed by atoms with Gasteiger partial charge in [-0.1, -0.05) is 26.0 Å². The lowest BCUT2D eigenvalue weighted by atomic mass is 9.85. The van der Waals surface area contributed by atoms with E-state index in [0.717, 1.165) is 4.90 Å². The first-order chi connectivity index (χ1) is 26.6. The Morgan fingerprint density at radius 1 is 1.09 bits per heavy atom. The van der Waals surface area contributed by atoms with Crippen molar-refractivity contribution in [1.82, 2.24) is 24.8 Å². The number of allylic oxidation sites excluding steroid dienone is 1. The fourth-order valence-corrected chi connectivity index (χ4v) is 9.43. The van der Waals surface area contributed by atoms with E-state index in [-0.39, 0.29) is 52.5 Å². The van der Waals surface area contributed by atoms with Crippen LogP contribution in [-0.4, -0.2) is 106 Å². The summed E-state index contributed by atoms with van der Waals surface area (Å²) in [5.74, 6) is -5.67. The fourth-order valence-electron chi connectivity index (χ4n) is 8.07. The van der Waals surface area contributed by atoms with E-state index in [0.29, 0.717) is 39.5 Å². The van der Waals surface area contributed by atoms with Crippen LogP contribution >= 0.6 is 0 Å². The number of hydrogen-bond acceptors (Lipinski definition) is 9. The number of carboxylic acid groups (broad SMARTS) is 1. The first-order valence-corrected chi connectivity index (χ1v) is 20.4. The van der Waals surface area contributed by atoms with Gasteiger partial charge in [-0.2, -0.15) is 13.2 Å². The monoisotopic (exact) mass is 825 g/mol. The van der Waals surface area contributed by atoms with Crippen LogP contribution in [0.15, 0.2) is 36.5 Å². The van der Waals surface area contributed by atoms with Gasteiger partial charge < -0.3 is 24.8 Å². The Hall–Kier alpha value is -4.68. The molecule has 312 valence electrons. The van der Waals surface area contributed by atoms with Crippen molar-refractivity contribution in [3.8, 4) is 11.6 Å². The number of benzene rings is 1. The van der Waals surface area contributed by atoms with E-state index in [9.17, 15) is 45.9 Å². The zero-order chi connectivity index (χ0) is 41.8. The Balaban J connectivity index is 1.43. The van der Waals surface area contributed by atoms with Crippen molar-refractivity contribution >= 4 is 44.6 Å². The number of halogens is 4. The fraction of sp³-hybridized carbons (Fsp3) is 0.605. The third-order valence-corrected chi connectivity index (χ3v) is 13.5. The molecule has 57 heavy (non-hydrogen) atoms. The number of amides is 4. The third kappa shape index (κ3) is 8.08. The normalized spacial score (nSPS) is 29.2. The summed E-state index contributed by atoms with van der Waals surface area (Å²) in [6.07, 6.45) is -1.93. The minimum absolute atomic E-state index is 0.0264. The van der Waals surface area contributed by atoms with Crippen LogP contribution in [0.3, 0.4) is 0 Å². The second-order valence-electron chi connectivity index (χ2n) is 16.2. The number of carbonyl (C=O) groups is 4. The molecule has 6 rings (SSSR count). The van der Waals surface area contributed by atoms with E-state index in [2.05, 4.69) is 15.0 Å². The number of carbonyl (C=O) groups excluding carboxylic acids is 3. The minimum Gasteiger partial charge on any atom is -0.494 e. The number of aromatic nitrogens is 1. The number of rotatable bonds is 8. The maximum atomic E-state index is 15.2. The summed E-state index contributed by atoms with van der Waals surface area (Å²) in [5, 5.41) is 12.6. The molecule has 1 saturated heterocycles. The second kappa shape index (κ2) is 15.2. The number of nitrogens with zero attached hydrogens (tertiary/aromatic N) is 3. The Bertz CT molecular complexity index is 2080. The highest BCUT2D eigenvalue weighted by Crippen LogP contribution is 2.47. The molecule has 4 aliphatic rings. The van der Waals surface area contributed by atoms with Crippen molar-refractivity contribution in [2.45, 2.75) is 113 Å². The number of ether oxygens (including phenoxy) is 2. The van der Waals surface area contributed by atoms with Crippen molar-refractivity contribution in [1.29, 1.82) is 0 Å². The predicted octanol–water partition coefficient (Wildman–Crippen LogP) is 4.92. The highest BCUT2D eigenvalue weighted by atomic mass is 32.2. The molecule has 0 bridgehead atoms. The minimum atomic E-state index is -5.12. The van der Waals surface area contributed by atoms with E-state index in [1.54, 1.807) is 12.2 Å². The standard InChI is InChI=1S/C38H47F4N5O9S/c1-20-8-6-7-9-22-18-37(22,34(50)45-57(53,54)24-10-11-24)44-31(48)27-17-23(56-32-26-12-13-28(55-5)29(39)25(26)14-15-43-32)19-46(27)33(49)30(21(2)16-20)47(35(51)52)36(3,4)38(40,41)42/h7,9,12-15,20-24,27,30H,6,8,10-11,16-19H2,1-5H3,(H,44,48)(H,45,50)(H,51,52)/b9-7-/t20-,21+,22+,23+,27-,30-,37+/m0/s1. The van der Waals surface area contributed by atoms with Gasteiger partial charge in [0.25, 0.3) is 5.91 Å². The second-order valence-corrected chi connectivity index (χ2v) is 18.2. The molecule has 14 nitrogen and oxygen atoms in total. The Morgan fingerprint density at radius 3 is 2.42 bits per heavy atom. The van der Waals surface area contributed by atoms with Gasteiger partial charge in [0.1, 0.15) is 29.3 Å². The number of nitrogens with one attached hydrogen (secondary N) is 2. The topological polar surface area (TPSA) is 185 Å². The van der Waals surface area contributed by atoms with Crippen molar-refractivity contribution in [3.63, 3.8) is 0 Å². The average molecular weight is 826 g/mol. The van der Waals surface area contributed by atoms with Gasteiger partial charge in [0.15, 0.2) is 11.6 Å². The van der Waals surface area contributed by atoms with Gasteiger partial charge in [0.05, 0.1) is 18.9 Å². The summed E-state index contributed by atoms with van der Waals surface area (Å²) in [6, 6.07) is 0.758. The predicted molar refractivity (Wildman–Crippen MR) is 197 cm³/mol. The molecular weight excluding hydrogens is 779 g/mol. The van der Waals surface area contributed by atoms with Crippen molar-refractivity contribution in [3.05, 3.63) is 42.4 Å². The average Bonchev–Trinajstić information content (AvgIpc) is 4.05. The van der Waals surface area contributed by atoms with Crippen LogP contribution in [0, 0.1) is 23.6 Å². The Morgan fingerprint density at radius 2 is 1.79 bits per heavy atom. The summed E-state index contributed by atoms with van der Waals surface area (Å²) in [6.45, 7) is 4.20. The van der Waals surface area contributed by atoms with Crippen molar-refractivity contribution in [2.24, 2.45) is 17.8 Å². The molecule has 19 heteroatoms. The van der Waals surface area contributed by atoms with E-state index < -0.39 is 98.7 Å². The van der Waals surface area contributed by atoms with Crippen LogP contribution in [0.25, 0.3) is 10.8 Å². The first-order valence-electron chi connectivity index (χ1n) is 18.8. The molecule has 4 amide bonds. The highest BCUT2D eigenvalue weighted by Gasteiger charge is 2.63. The molecule has 7 atom stereocenters. The van der Waals surface area contributed by atoms with Gasteiger partial charge in [-0.3, -0.25) is 24.0 Å². The molecule has 2 saturated carbocycles. The van der Waals surface area contributed by atoms with E-state index >= 15 is 4.39 Å². The summed E-state index contributed by atoms with van der Waals surface area (Å²) in [4.78, 5) is 61.3. The van der Waals surface area contributed by atoms with Gasteiger partial charge >= 0.3 is 12.3 Å². The van der Waals surface area contributed by atoms with Crippen LogP contribution in [0.5, 0.6) is 11.6 Å². The summed E-state index contributed by atoms with van der Waals surface area (Å²) in [7, 11) is -2.75. The number of pyridine rings is 1. The van der Waals surface area contributed by atoms with Gasteiger partial charge in [0, 0.05) is 29.3 Å². The van der Waals surface area contributed by atoms with Crippen LogP contribution < -0.4 is 19.5 Å². The summed E-state index contributed by atoms with van der Waals surface area (Å²) in [5.41, 5.74) is -4.80. The van der Waals surface area contributed by atoms with Crippen molar-refractivity contribution in [2.75, 3.05) is 13.7 Å². The molecule has 0 unspecified atom stereocenters. The molecular formula is C38H47F4N5O9S. The lowest BCUT2D eigenvalue weighted by Gasteiger charge is -2.45. The van der Waals surface area contributed by atoms with Crippen molar-refractivity contribution < 1.29 is 59.7 Å². The van der Waals surface area contributed by atoms with E-state index in [1.165, 1.54) is 38.4 Å². The molecule has 1 aromatic carbocycles. The molecule has 3 heterocycles. The Labute approximate surface area is 327 Å². The van der Waals surface area contributed by atoms with Gasteiger partial charge in [-0.25, -0.2) is 22.6 Å². The zero-order valence-electron chi connectivity index (χ0n) is 32.1. The molecule has 3 N–H and O–H groups in total. The van der Waals surface area contributed by atoms with Gasteiger partial charge in [-0.05, 0) is 82.4 Å². The number of alkyl halides is 3. The Kier molecular flexibility index (Phi) is 11.2. The first kappa shape index (κ1) is 41.9. The highest BCUT2D eigenvalue weighted by molar-refractivity contribution is 7.91. The smallest absolute Gasteiger partial charge is 0.411 e. The SMILES string of the molecule is COc1ccc2c(O[C@@H]3C[C@H]4C(=O)N[C@]5(C(=O)NS(=O)(=O)C6CC6)C[C@H]5/C=C\CC[C@H](C)C[C@@H](C)[C@H](N(C(=O)O)C(C)(C)C(F)(F)F)C(=O)N4C3)nccc2c1F. The third-order valence-electron chi connectivity index (χ3n) is 11.7. The molecule has 0 radical (unpaired) electrons. The number of hydrogen-bond donors (Lipinski definition) is 3. The largest absolute Gasteiger partial charge is 0.494 e. The summed E-state index contributed by atoms with van der Waals surface area (Å²) >= 11 is 0. The lowest BCUT2D eigenvalue weighted by molar-refractivity contribution is -0.222. The number of methoxy groups -OCH3 is 1. The molecule has 2 aliphatic heterocycles. The summed E-state index contributed by atoms with van der Waals surface area (Å²) < 4.78 is 98.3. The van der Waals surface area contributed by atoms with Crippen LogP contribution in [0.4, 0.5) is 22.4 Å².